The quantitative estimate of drug-likeness (QED) is 0.842. The third-order valence-corrected chi connectivity index (χ3v) is 4.13. The van der Waals surface area contributed by atoms with Gasteiger partial charge in [-0.1, -0.05) is 19.9 Å². The minimum Gasteiger partial charge on any atom is -0.444 e. The van der Waals surface area contributed by atoms with Crippen molar-refractivity contribution < 1.29 is 17.8 Å². The SMILES string of the molecule is CC(C)CNC(=O)C[S@](=O)Cc1coc(-c2cccc(F)c2)n1. The van der Waals surface area contributed by atoms with E-state index in [1.54, 1.807) is 12.1 Å². The van der Waals surface area contributed by atoms with Crippen molar-refractivity contribution >= 4 is 16.7 Å². The molecule has 1 atom stereocenters. The summed E-state index contributed by atoms with van der Waals surface area (Å²) in [5, 5.41) is 2.72. The van der Waals surface area contributed by atoms with E-state index in [9.17, 15) is 13.4 Å². The number of nitrogens with one attached hydrogen (secondary N) is 1. The Kier molecular flexibility index (Phi) is 6.04. The van der Waals surface area contributed by atoms with Crippen molar-refractivity contribution in [3.05, 3.63) is 42.0 Å². The number of halogens is 1. The topological polar surface area (TPSA) is 72.2 Å². The number of nitrogens with zero attached hydrogens (tertiary/aromatic N) is 1. The number of aromatic nitrogens is 1. The van der Waals surface area contributed by atoms with Gasteiger partial charge in [-0.3, -0.25) is 9.00 Å². The molecule has 124 valence electrons. The van der Waals surface area contributed by atoms with Crippen molar-refractivity contribution in [2.24, 2.45) is 5.92 Å². The predicted octanol–water partition coefficient (Wildman–Crippen LogP) is 2.50. The minimum absolute atomic E-state index is 0.0745. The third kappa shape index (κ3) is 5.59. The number of rotatable bonds is 7. The smallest absolute Gasteiger partial charge is 0.232 e. The summed E-state index contributed by atoms with van der Waals surface area (Å²) in [5.74, 6) is 0.0269. The maximum atomic E-state index is 13.2. The number of amides is 1. The molecule has 2 rings (SSSR count). The lowest BCUT2D eigenvalue weighted by molar-refractivity contribution is -0.118. The zero-order valence-electron chi connectivity index (χ0n) is 13.0. The van der Waals surface area contributed by atoms with E-state index in [4.69, 9.17) is 4.42 Å². The normalized spacial score (nSPS) is 12.3. The van der Waals surface area contributed by atoms with Crippen molar-refractivity contribution in [1.29, 1.82) is 0 Å². The molecule has 23 heavy (non-hydrogen) atoms. The fourth-order valence-electron chi connectivity index (χ4n) is 1.86. The van der Waals surface area contributed by atoms with E-state index in [0.717, 1.165) is 0 Å². The molecule has 0 saturated heterocycles. The molecule has 0 aliphatic rings. The van der Waals surface area contributed by atoms with Gasteiger partial charge in [0.25, 0.3) is 0 Å². The maximum Gasteiger partial charge on any atom is 0.232 e. The van der Waals surface area contributed by atoms with Gasteiger partial charge in [-0.25, -0.2) is 9.37 Å². The molecular weight excluding hydrogens is 319 g/mol. The van der Waals surface area contributed by atoms with Gasteiger partial charge < -0.3 is 9.73 Å². The molecule has 0 unspecified atom stereocenters. The van der Waals surface area contributed by atoms with E-state index in [1.807, 2.05) is 13.8 Å². The number of hydrogen-bond donors (Lipinski definition) is 1. The molecular formula is C16H19FN2O3S. The first-order valence-electron chi connectivity index (χ1n) is 7.26. The van der Waals surface area contributed by atoms with Gasteiger partial charge in [-0.15, -0.1) is 0 Å². The van der Waals surface area contributed by atoms with Crippen molar-refractivity contribution in [1.82, 2.24) is 10.3 Å². The summed E-state index contributed by atoms with van der Waals surface area (Å²) in [4.78, 5) is 15.8. The molecule has 0 radical (unpaired) electrons. The van der Waals surface area contributed by atoms with Gasteiger partial charge >= 0.3 is 0 Å². The monoisotopic (exact) mass is 338 g/mol. The highest BCUT2D eigenvalue weighted by Gasteiger charge is 2.13. The lowest BCUT2D eigenvalue weighted by atomic mass is 10.2. The van der Waals surface area contributed by atoms with Gasteiger partial charge in [-0.2, -0.15) is 0 Å². The van der Waals surface area contributed by atoms with Crippen LogP contribution in [0.2, 0.25) is 0 Å². The Morgan fingerprint density at radius 2 is 2.22 bits per heavy atom. The largest absolute Gasteiger partial charge is 0.444 e. The van der Waals surface area contributed by atoms with Crippen LogP contribution in [0.5, 0.6) is 0 Å². The molecule has 0 aliphatic heterocycles. The molecule has 1 aromatic carbocycles. The van der Waals surface area contributed by atoms with Crippen LogP contribution >= 0.6 is 0 Å². The van der Waals surface area contributed by atoms with Crippen LogP contribution in [0.4, 0.5) is 4.39 Å². The summed E-state index contributed by atoms with van der Waals surface area (Å²) in [6.45, 7) is 4.53. The Bertz CT molecular complexity index is 700. The van der Waals surface area contributed by atoms with Gasteiger partial charge in [0.05, 0.1) is 11.4 Å². The summed E-state index contributed by atoms with van der Waals surface area (Å²) < 4.78 is 30.4. The zero-order valence-corrected chi connectivity index (χ0v) is 13.9. The van der Waals surface area contributed by atoms with E-state index in [2.05, 4.69) is 10.3 Å². The van der Waals surface area contributed by atoms with Crippen LogP contribution in [-0.4, -0.2) is 27.4 Å². The average molecular weight is 338 g/mol. The van der Waals surface area contributed by atoms with E-state index in [0.29, 0.717) is 23.7 Å². The Labute approximate surface area is 136 Å². The van der Waals surface area contributed by atoms with E-state index in [-0.39, 0.29) is 29.1 Å². The van der Waals surface area contributed by atoms with Crippen LogP contribution in [0, 0.1) is 11.7 Å². The highest BCUT2D eigenvalue weighted by Crippen LogP contribution is 2.19. The lowest BCUT2D eigenvalue weighted by Gasteiger charge is -2.06. The van der Waals surface area contributed by atoms with Gasteiger partial charge in [-0.05, 0) is 24.1 Å². The number of carbonyl (C=O) groups is 1. The average Bonchev–Trinajstić information content (AvgIpc) is 2.93. The van der Waals surface area contributed by atoms with Crippen molar-refractivity contribution in [2.75, 3.05) is 12.3 Å². The van der Waals surface area contributed by atoms with Crippen LogP contribution < -0.4 is 5.32 Å². The fraction of sp³-hybridized carbons (Fsp3) is 0.375. The summed E-state index contributed by atoms with van der Waals surface area (Å²) in [5.41, 5.74) is 0.982. The van der Waals surface area contributed by atoms with Gasteiger partial charge in [0.2, 0.25) is 11.8 Å². The zero-order chi connectivity index (χ0) is 16.8. The first-order chi connectivity index (χ1) is 10.9. The molecule has 1 N–H and O–H groups in total. The molecule has 1 aromatic heterocycles. The second-order valence-corrected chi connectivity index (χ2v) is 7.04. The summed E-state index contributed by atoms with van der Waals surface area (Å²) >= 11 is 0. The first kappa shape index (κ1) is 17.3. The van der Waals surface area contributed by atoms with Crippen LogP contribution in [0.25, 0.3) is 11.5 Å². The molecule has 0 aliphatic carbocycles. The molecule has 2 aromatic rings. The molecule has 1 heterocycles. The third-order valence-electron chi connectivity index (χ3n) is 2.93. The highest BCUT2D eigenvalue weighted by atomic mass is 32.2. The molecule has 7 heteroatoms. The minimum atomic E-state index is -1.37. The summed E-state index contributed by atoms with van der Waals surface area (Å²) in [6.07, 6.45) is 1.38. The van der Waals surface area contributed by atoms with Crippen LogP contribution in [0.3, 0.4) is 0 Å². The Hall–Kier alpha value is -2.02. The predicted molar refractivity (Wildman–Crippen MR) is 86.5 cm³/mol. The maximum absolute atomic E-state index is 13.2. The standard InChI is InChI=1S/C16H19FN2O3S/c1-11(2)7-18-15(20)10-23(21)9-14-8-22-16(19-14)12-4-3-5-13(17)6-12/h3-6,8,11H,7,9-10H2,1-2H3,(H,18,20)/t23-/m1/s1. The van der Waals surface area contributed by atoms with Crippen molar-refractivity contribution in [3.8, 4) is 11.5 Å². The van der Waals surface area contributed by atoms with Gasteiger partial charge in [0, 0.05) is 22.9 Å². The number of benzene rings is 1. The summed E-state index contributed by atoms with van der Waals surface area (Å²) in [6, 6.07) is 5.88. The Morgan fingerprint density at radius 1 is 1.43 bits per heavy atom. The van der Waals surface area contributed by atoms with Crippen molar-refractivity contribution in [3.63, 3.8) is 0 Å². The van der Waals surface area contributed by atoms with Crippen LogP contribution in [0.15, 0.2) is 34.9 Å². The van der Waals surface area contributed by atoms with Crippen LogP contribution in [0.1, 0.15) is 19.5 Å². The first-order valence-corrected chi connectivity index (χ1v) is 8.75. The van der Waals surface area contributed by atoms with Gasteiger partial charge in [0.15, 0.2) is 0 Å². The lowest BCUT2D eigenvalue weighted by Crippen LogP contribution is -2.31. The second-order valence-electron chi connectivity index (χ2n) is 5.58. The van der Waals surface area contributed by atoms with Crippen LogP contribution in [-0.2, 0) is 21.3 Å². The highest BCUT2D eigenvalue weighted by molar-refractivity contribution is 7.84. The van der Waals surface area contributed by atoms with E-state index < -0.39 is 10.8 Å². The molecule has 0 spiro atoms. The molecule has 0 bridgehead atoms. The number of hydrogen-bond acceptors (Lipinski definition) is 4. The number of carbonyl (C=O) groups excluding carboxylic acids is 1. The molecule has 0 fully saturated rings. The molecule has 0 saturated carbocycles. The Morgan fingerprint density at radius 3 is 2.91 bits per heavy atom. The molecule has 1 amide bonds. The van der Waals surface area contributed by atoms with Crippen molar-refractivity contribution in [2.45, 2.75) is 19.6 Å². The van der Waals surface area contributed by atoms with E-state index in [1.165, 1.54) is 18.4 Å². The number of oxazole rings is 1. The summed E-state index contributed by atoms with van der Waals surface area (Å²) in [7, 11) is -1.37. The Balaban J connectivity index is 1.91. The fourth-order valence-corrected chi connectivity index (χ4v) is 2.82. The molecule has 5 nitrogen and oxygen atoms in total. The second kappa shape index (κ2) is 8.01. The van der Waals surface area contributed by atoms with Gasteiger partial charge in [0.1, 0.15) is 17.8 Å². The van der Waals surface area contributed by atoms with E-state index >= 15 is 0 Å².